The molecule has 170 valence electrons. The zero-order valence-corrected chi connectivity index (χ0v) is 20.4. The maximum Gasteiger partial charge on any atom is 0.257 e. The predicted octanol–water partition coefficient (Wildman–Crippen LogP) is 6.11. The molecule has 1 saturated heterocycles. The van der Waals surface area contributed by atoms with Crippen LogP contribution in [0.3, 0.4) is 0 Å². The summed E-state index contributed by atoms with van der Waals surface area (Å²) in [6, 6.07) is 16.3. The van der Waals surface area contributed by atoms with E-state index in [0.717, 1.165) is 10.2 Å². The fourth-order valence-corrected chi connectivity index (χ4v) is 4.44. The number of hydrogen-bond acceptors (Lipinski definition) is 3. The van der Waals surface area contributed by atoms with Crippen LogP contribution < -0.4 is 10.2 Å². The van der Waals surface area contributed by atoms with Gasteiger partial charge in [-0.05, 0) is 48.5 Å². The van der Waals surface area contributed by atoms with Crippen LogP contribution in [0.5, 0.6) is 0 Å². The molecule has 2 amide bonds. The number of benzene rings is 3. The average molecular weight is 551 g/mol. The van der Waals surface area contributed by atoms with Gasteiger partial charge < -0.3 is 15.1 Å². The lowest BCUT2D eigenvalue weighted by Crippen LogP contribution is -2.49. The van der Waals surface area contributed by atoms with E-state index in [4.69, 9.17) is 23.2 Å². The second-order valence-corrected chi connectivity index (χ2v) is 9.26. The second kappa shape index (κ2) is 10.1. The number of carbonyl (C=O) groups excluding carboxylic acids is 2. The predicted molar refractivity (Wildman–Crippen MR) is 133 cm³/mol. The molecule has 0 atom stereocenters. The standard InChI is InChI=1S/C24H19BrCl2FN3O2/c25-15-5-7-19(27)18(13-15)23(32)29-21-14-16(26)6-8-22(21)30-9-11-31(12-10-30)24(33)17-3-1-2-4-20(17)28/h1-8,13-14H,9-12H2,(H,29,32). The van der Waals surface area contributed by atoms with Gasteiger partial charge in [0.05, 0.1) is 27.5 Å². The number of halogens is 4. The number of carbonyl (C=O) groups is 2. The summed E-state index contributed by atoms with van der Waals surface area (Å²) >= 11 is 15.8. The van der Waals surface area contributed by atoms with E-state index in [-0.39, 0.29) is 17.4 Å². The van der Waals surface area contributed by atoms with Gasteiger partial charge in [-0.3, -0.25) is 9.59 Å². The number of anilines is 2. The molecule has 0 aromatic heterocycles. The Morgan fingerprint density at radius 2 is 1.64 bits per heavy atom. The van der Waals surface area contributed by atoms with E-state index in [1.165, 1.54) is 12.1 Å². The van der Waals surface area contributed by atoms with Gasteiger partial charge in [-0.2, -0.15) is 0 Å². The lowest BCUT2D eigenvalue weighted by molar-refractivity contribution is 0.0742. The lowest BCUT2D eigenvalue weighted by Gasteiger charge is -2.37. The molecule has 3 aromatic rings. The van der Waals surface area contributed by atoms with Crippen LogP contribution in [-0.4, -0.2) is 42.9 Å². The van der Waals surface area contributed by atoms with Crippen molar-refractivity contribution in [3.05, 3.63) is 92.1 Å². The molecule has 0 radical (unpaired) electrons. The van der Waals surface area contributed by atoms with E-state index < -0.39 is 5.82 Å². The van der Waals surface area contributed by atoms with E-state index in [0.29, 0.717) is 47.5 Å². The number of piperazine rings is 1. The number of hydrogen-bond donors (Lipinski definition) is 1. The van der Waals surface area contributed by atoms with Gasteiger partial charge in [0, 0.05) is 35.7 Å². The van der Waals surface area contributed by atoms with Crippen LogP contribution in [-0.2, 0) is 0 Å². The Balaban J connectivity index is 1.50. The molecule has 9 heteroatoms. The van der Waals surface area contributed by atoms with E-state index in [2.05, 4.69) is 26.1 Å². The Bertz CT molecular complexity index is 1220. The van der Waals surface area contributed by atoms with Crippen molar-refractivity contribution in [2.75, 3.05) is 36.4 Å². The Morgan fingerprint density at radius 1 is 0.909 bits per heavy atom. The van der Waals surface area contributed by atoms with Crippen LogP contribution >= 0.6 is 39.1 Å². The van der Waals surface area contributed by atoms with Crippen LogP contribution in [0, 0.1) is 5.82 Å². The first-order valence-electron chi connectivity index (χ1n) is 10.2. The lowest BCUT2D eigenvalue weighted by atomic mass is 10.1. The highest BCUT2D eigenvalue weighted by atomic mass is 79.9. The average Bonchev–Trinajstić information content (AvgIpc) is 2.81. The molecule has 0 saturated carbocycles. The molecule has 33 heavy (non-hydrogen) atoms. The van der Waals surface area contributed by atoms with E-state index in [1.807, 2.05) is 6.07 Å². The summed E-state index contributed by atoms with van der Waals surface area (Å²) in [5, 5.41) is 3.71. The Hall–Kier alpha value is -2.61. The summed E-state index contributed by atoms with van der Waals surface area (Å²) in [6.45, 7) is 1.87. The first kappa shape index (κ1) is 23.5. The minimum absolute atomic E-state index is 0.0660. The van der Waals surface area contributed by atoms with Crippen molar-refractivity contribution in [2.24, 2.45) is 0 Å². The van der Waals surface area contributed by atoms with Crippen molar-refractivity contribution in [3.8, 4) is 0 Å². The molecule has 1 aliphatic heterocycles. The van der Waals surface area contributed by atoms with Gasteiger partial charge in [0.15, 0.2) is 0 Å². The fourth-order valence-electron chi connectivity index (χ4n) is 3.70. The Labute approximate surface area is 209 Å². The molecule has 0 spiro atoms. The Morgan fingerprint density at radius 3 is 2.36 bits per heavy atom. The minimum atomic E-state index is -0.529. The first-order valence-corrected chi connectivity index (χ1v) is 11.7. The molecular formula is C24H19BrCl2FN3O2. The van der Waals surface area contributed by atoms with E-state index in [1.54, 1.807) is 47.4 Å². The highest BCUT2D eigenvalue weighted by molar-refractivity contribution is 9.10. The van der Waals surface area contributed by atoms with Gasteiger partial charge in [0.2, 0.25) is 0 Å². The molecule has 3 aromatic carbocycles. The summed E-state index contributed by atoms with van der Waals surface area (Å²) in [5.41, 5.74) is 1.71. The molecule has 0 unspecified atom stereocenters. The number of amides is 2. The normalized spacial score (nSPS) is 13.7. The monoisotopic (exact) mass is 549 g/mol. The van der Waals surface area contributed by atoms with Gasteiger partial charge >= 0.3 is 0 Å². The summed E-state index contributed by atoms with van der Waals surface area (Å²) < 4.78 is 14.8. The smallest absolute Gasteiger partial charge is 0.257 e. The zero-order chi connectivity index (χ0) is 23.5. The van der Waals surface area contributed by atoms with Crippen molar-refractivity contribution in [3.63, 3.8) is 0 Å². The van der Waals surface area contributed by atoms with Gasteiger partial charge in [-0.25, -0.2) is 4.39 Å². The molecule has 0 bridgehead atoms. The summed E-state index contributed by atoms with van der Waals surface area (Å²) in [7, 11) is 0. The largest absolute Gasteiger partial charge is 0.366 e. The molecule has 0 aliphatic carbocycles. The van der Waals surface area contributed by atoms with E-state index in [9.17, 15) is 14.0 Å². The maximum absolute atomic E-state index is 14.0. The second-order valence-electron chi connectivity index (χ2n) is 7.50. The fraction of sp³-hybridized carbons (Fsp3) is 0.167. The van der Waals surface area contributed by atoms with Crippen molar-refractivity contribution in [1.29, 1.82) is 0 Å². The quantitative estimate of drug-likeness (QED) is 0.426. The molecule has 1 N–H and O–H groups in total. The molecular weight excluding hydrogens is 532 g/mol. The first-order chi connectivity index (χ1) is 15.8. The van der Waals surface area contributed by atoms with E-state index >= 15 is 0 Å². The summed E-state index contributed by atoms with van der Waals surface area (Å²) in [4.78, 5) is 29.3. The van der Waals surface area contributed by atoms with Gasteiger partial charge in [-0.1, -0.05) is 51.3 Å². The third kappa shape index (κ3) is 5.32. The van der Waals surface area contributed by atoms with Gasteiger partial charge in [0.25, 0.3) is 11.8 Å². The van der Waals surface area contributed by atoms with Crippen molar-refractivity contribution < 1.29 is 14.0 Å². The van der Waals surface area contributed by atoms with Crippen molar-refractivity contribution in [1.82, 2.24) is 4.90 Å². The SMILES string of the molecule is O=C(Nc1cc(Cl)ccc1N1CCN(C(=O)c2ccccc2F)CC1)c1cc(Br)ccc1Cl. The highest BCUT2D eigenvalue weighted by Gasteiger charge is 2.25. The van der Waals surface area contributed by atoms with Crippen LogP contribution in [0.1, 0.15) is 20.7 Å². The minimum Gasteiger partial charge on any atom is -0.366 e. The number of rotatable bonds is 4. The van der Waals surface area contributed by atoms with Gasteiger partial charge in [0.1, 0.15) is 5.82 Å². The van der Waals surface area contributed by atoms with Crippen molar-refractivity contribution in [2.45, 2.75) is 0 Å². The molecule has 4 rings (SSSR count). The van der Waals surface area contributed by atoms with Crippen LogP contribution in [0.4, 0.5) is 15.8 Å². The third-order valence-corrected chi connectivity index (χ3v) is 6.45. The third-order valence-electron chi connectivity index (χ3n) is 5.39. The number of nitrogens with zero attached hydrogens (tertiary/aromatic N) is 2. The topological polar surface area (TPSA) is 52.7 Å². The Kier molecular flexibility index (Phi) is 7.22. The highest BCUT2D eigenvalue weighted by Crippen LogP contribution is 2.31. The summed E-state index contributed by atoms with van der Waals surface area (Å²) in [5.74, 6) is -1.22. The van der Waals surface area contributed by atoms with Crippen LogP contribution in [0.2, 0.25) is 10.0 Å². The summed E-state index contributed by atoms with van der Waals surface area (Å²) in [6.07, 6.45) is 0. The number of nitrogens with one attached hydrogen (secondary N) is 1. The molecule has 1 aliphatic rings. The van der Waals surface area contributed by atoms with Crippen molar-refractivity contribution >= 4 is 62.3 Å². The zero-order valence-electron chi connectivity index (χ0n) is 17.3. The van der Waals surface area contributed by atoms with Crippen LogP contribution in [0.25, 0.3) is 0 Å². The maximum atomic E-state index is 14.0. The molecule has 5 nitrogen and oxygen atoms in total. The molecule has 1 fully saturated rings. The van der Waals surface area contributed by atoms with Crippen LogP contribution in [0.15, 0.2) is 65.1 Å². The molecule has 1 heterocycles. The van der Waals surface area contributed by atoms with Gasteiger partial charge in [-0.15, -0.1) is 0 Å².